The fourth-order valence-electron chi connectivity index (χ4n) is 1.18. The molecule has 1 aliphatic heterocycles. The van der Waals surface area contributed by atoms with E-state index >= 15 is 0 Å². The zero-order valence-corrected chi connectivity index (χ0v) is 15.5. The summed E-state index contributed by atoms with van der Waals surface area (Å²) in [6, 6.07) is 10.3. The minimum atomic E-state index is 1.32. The van der Waals surface area contributed by atoms with Crippen molar-refractivity contribution in [2.45, 2.75) is 19.8 Å². The Bertz CT molecular complexity index is 248. The van der Waals surface area contributed by atoms with Gasteiger partial charge in [-0.3, -0.25) is 0 Å². The number of rotatable bonds is 4. The molecule has 4 heteroatoms. The van der Waals surface area contributed by atoms with Crippen LogP contribution in [0.5, 0.6) is 0 Å². The van der Waals surface area contributed by atoms with Gasteiger partial charge in [0, 0.05) is 11.5 Å². The van der Waals surface area contributed by atoms with Gasteiger partial charge in [0.1, 0.15) is 0 Å². The Morgan fingerprint density at radius 1 is 0.947 bits per heavy atom. The van der Waals surface area contributed by atoms with Crippen molar-refractivity contribution in [3.05, 3.63) is 35.9 Å². The van der Waals surface area contributed by atoms with Gasteiger partial charge in [0.2, 0.25) is 0 Å². The van der Waals surface area contributed by atoms with Crippen molar-refractivity contribution in [3.63, 3.8) is 0 Å². The van der Waals surface area contributed by atoms with Gasteiger partial charge in [0.15, 0.2) is 0 Å². The summed E-state index contributed by atoms with van der Waals surface area (Å²) in [6.07, 6.45) is 7.10. The first-order chi connectivity index (χ1) is 9.31. The number of hydrogen-bond acceptors (Lipinski definition) is 4. The summed E-state index contributed by atoms with van der Waals surface area (Å²) in [7, 11) is 3.98. The van der Waals surface area contributed by atoms with E-state index in [1.165, 1.54) is 41.4 Å². The molecule has 1 fully saturated rings. The van der Waals surface area contributed by atoms with Crippen molar-refractivity contribution in [3.8, 4) is 0 Å². The molecule has 0 saturated carbocycles. The van der Waals surface area contributed by atoms with Gasteiger partial charge in [-0.05, 0) is 43.8 Å². The second kappa shape index (κ2) is 16.7. The molecule has 0 aliphatic carbocycles. The van der Waals surface area contributed by atoms with Gasteiger partial charge in [-0.2, -0.15) is 23.5 Å². The number of thioether (sulfide) groups is 2. The van der Waals surface area contributed by atoms with Crippen LogP contribution in [-0.2, 0) is 0 Å². The van der Waals surface area contributed by atoms with Crippen LogP contribution in [0.15, 0.2) is 30.3 Å². The van der Waals surface area contributed by atoms with Crippen molar-refractivity contribution >= 4 is 45.1 Å². The molecule has 1 aliphatic rings. The highest BCUT2D eigenvalue weighted by Crippen LogP contribution is 2.29. The molecular formula is C15H26S4. The number of benzene rings is 1. The van der Waals surface area contributed by atoms with Crippen molar-refractivity contribution in [1.29, 1.82) is 0 Å². The van der Waals surface area contributed by atoms with Crippen molar-refractivity contribution < 1.29 is 0 Å². The highest BCUT2D eigenvalue weighted by atomic mass is 33.1. The van der Waals surface area contributed by atoms with Gasteiger partial charge in [0.05, 0.1) is 0 Å². The molecule has 1 aromatic carbocycles. The zero-order valence-electron chi connectivity index (χ0n) is 12.3. The van der Waals surface area contributed by atoms with Crippen LogP contribution in [0.25, 0.3) is 0 Å². The fourth-order valence-corrected chi connectivity index (χ4v) is 4.58. The van der Waals surface area contributed by atoms with Crippen LogP contribution in [0, 0.1) is 6.92 Å². The lowest BCUT2D eigenvalue weighted by atomic mass is 10.2. The zero-order chi connectivity index (χ0) is 14.2. The molecule has 0 aromatic heterocycles. The van der Waals surface area contributed by atoms with Gasteiger partial charge in [-0.1, -0.05) is 57.5 Å². The Hall–Kier alpha value is 0.620. The fraction of sp³-hybridized carbons (Fsp3) is 0.600. The van der Waals surface area contributed by atoms with E-state index in [9.17, 15) is 0 Å². The molecule has 0 spiro atoms. The van der Waals surface area contributed by atoms with E-state index in [0.717, 1.165) is 0 Å². The monoisotopic (exact) mass is 334 g/mol. The Morgan fingerprint density at radius 3 is 1.74 bits per heavy atom. The van der Waals surface area contributed by atoms with E-state index in [2.05, 4.69) is 31.6 Å². The first kappa shape index (κ1) is 19.6. The molecule has 1 saturated heterocycles. The van der Waals surface area contributed by atoms with E-state index in [1.807, 2.05) is 63.3 Å². The SMILES string of the molecule is C1CSSC1.CSCCCSC.Cc1ccccc1. The molecule has 2 rings (SSSR count). The van der Waals surface area contributed by atoms with Gasteiger partial charge < -0.3 is 0 Å². The predicted molar refractivity (Wildman–Crippen MR) is 102 cm³/mol. The van der Waals surface area contributed by atoms with Crippen LogP contribution < -0.4 is 0 Å². The highest BCUT2D eigenvalue weighted by molar-refractivity contribution is 8.77. The van der Waals surface area contributed by atoms with Crippen LogP contribution in [-0.4, -0.2) is 35.5 Å². The lowest BCUT2D eigenvalue weighted by Gasteiger charge is -1.90. The molecule has 19 heavy (non-hydrogen) atoms. The first-order valence-electron chi connectivity index (χ1n) is 6.55. The quantitative estimate of drug-likeness (QED) is 0.498. The molecule has 0 nitrogen and oxygen atoms in total. The van der Waals surface area contributed by atoms with Crippen LogP contribution >= 0.6 is 45.1 Å². The molecule has 0 N–H and O–H groups in total. The number of hydrogen-bond donors (Lipinski definition) is 0. The van der Waals surface area contributed by atoms with Crippen molar-refractivity contribution in [1.82, 2.24) is 0 Å². The van der Waals surface area contributed by atoms with Crippen molar-refractivity contribution in [2.75, 3.05) is 35.5 Å². The summed E-state index contributed by atoms with van der Waals surface area (Å²) in [5, 5.41) is 0. The minimum Gasteiger partial charge on any atom is -0.165 e. The Labute approximate surface area is 136 Å². The minimum absolute atomic E-state index is 1.32. The molecule has 110 valence electrons. The summed E-state index contributed by atoms with van der Waals surface area (Å²) < 4.78 is 0. The maximum absolute atomic E-state index is 2.15. The van der Waals surface area contributed by atoms with E-state index < -0.39 is 0 Å². The summed E-state index contributed by atoms with van der Waals surface area (Å²) >= 11 is 3.86. The lowest BCUT2D eigenvalue weighted by molar-refractivity contribution is 1.13. The molecule has 0 amide bonds. The first-order valence-corrected chi connectivity index (χ1v) is 11.8. The third-order valence-electron chi connectivity index (χ3n) is 2.18. The standard InChI is InChI=1S/C7H8.C5H12S2.C3H6S2/c1-7-5-3-2-4-6-7;1-6-4-3-5-7-2;1-2-4-5-3-1/h2-6H,1H3;3-5H2,1-2H3;1-3H2. The summed E-state index contributed by atoms with van der Waals surface area (Å²) in [5.41, 5.74) is 1.32. The second-order valence-electron chi connectivity index (χ2n) is 3.99. The van der Waals surface area contributed by atoms with E-state index in [4.69, 9.17) is 0 Å². The van der Waals surface area contributed by atoms with E-state index in [0.29, 0.717) is 0 Å². The molecular weight excluding hydrogens is 308 g/mol. The van der Waals surface area contributed by atoms with Gasteiger partial charge in [0.25, 0.3) is 0 Å². The topological polar surface area (TPSA) is 0 Å². The van der Waals surface area contributed by atoms with Gasteiger partial charge in [-0.15, -0.1) is 0 Å². The average Bonchev–Trinajstić information content (AvgIpc) is 3.00. The van der Waals surface area contributed by atoms with Crippen LogP contribution in [0.1, 0.15) is 18.4 Å². The maximum Gasteiger partial charge on any atom is 0.00450 e. The largest absolute Gasteiger partial charge is 0.165 e. The third-order valence-corrected chi connectivity index (χ3v) is 6.15. The third kappa shape index (κ3) is 16.6. The smallest absolute Gasteiger partial charge is 0.00450 e. The lowest BCUT2D eigenvalue weighted by Crippen LogP contribution is -1.79. The molecule has 1 aromatic rings. The molecule has 0 bridgehead atoms. The van der Waals surface area contributed by atoms with Gasteiger partial charge >= 0.3 is 0 Å². The van der Waals surface area contributed by atoms with E-state index in [1.54, 1.807) is 0 Å². The van der Waals surface area contributed by atoms with Crippen LogP contribution in [0.4, 0.5) is 0 Å². The highest BCUT2D eigenvalue weighted by Gasteiger charge is 1.96. The number of aryl methyl sites for hydroxylation is 1. The van der Waals surface area contributed by atoms with Crippen molar-refractivity contribution in [2.24, 2.45) is 0 Å². The van der Waals surface area contributed by atoms with Crippen LogP contribution in [0.2, 0.25) is 0 Å². The summed E-state index contributed by atoms with van der Waals surface area (Å²) in [5.74, 6) is 5.40. The average molecular weight is 335 g/mol. The molecule has 1 heterocycles. The van der Waals surface area contributed by atoms with Gasteiger partial charge in [-0.25, -0.2) is 0 Å². The molecule has 0 atom stereocenters. The molecule has 0 radical (unpaired) electrons. The van der Waals surface area contributed by atoms with E-state index in [-0.39, 0.29) is 0 Å². The second-order valence-corrected chi connectivity index (χ2v) is 8.66. The maximum atomic E-state index is 2.15. The summed E-state index contributed by atoms with van der Waals surface area (Å²) in [6.45, 7) is 2.08. The Kier molecular flexibility index (Phi) is 17.2. The normalized spacial score (nSPS) is 13.0. The predicted octanol–water partition coefficient (Wildman–Crippen LogP) is 5.87. The molecule has 0 unspecified atom stereocenters. The summed E-state index contributed by atoms with van der Waals surface area (Å²) in [4.78, 5) is 0. The van der Waals surface area contributed by atoms with Crippen LogP contribution in [0.3, 0.4) is 0 Å². The Balaban J connectivity index is 0.000000259. The Morgan fingerprint density at radius 2 is 1.47 bits per heavy atom.